The van der Waals surface area contributed by atoms with Gasteiger partial charge in [-0.3, -0.25) is 4.99 Å². The van der Waals surface area contributed by atoms with Crippen LogP contribution in [0, 0.1) is 0 Å². The Morgan fingerprint density at radius 1 is 1.67 bits per heavy atom. The van der Waals surface area contributed by atoms with E-state index in [0.29, 0.717) is 5.84 Å². The second kappa shape index (κ2) is 1.92. The van der Waals surface area contributed by atoms with Crippen molar-refractivity contribution in [2.45, 2.75) is 19.4 Å². The summed E-state index contributed by atoms with van der Waals surface area (Å²) in [6, 6.07) is 0. The first-order chi connectivity index (χ1) is 4.14. The monoisotopic (exact) mass is 126 g/mol. The fourth-order valence-electron chi connectivity index (χ4n) is 0.699. The molecule has 0 saturated carbocycles. The van der Waals surface area contributed by atoms with E-state index in [9.17, 15) is 0 Å². The van der Waals surface area contributed by atoms with Crippen molar-refractivity contribution in [3.63, 3.8) is 0 Å². The molecule has 3 heteroatoms. The molecule has 3 nitrogen and oxygen atoms in total. The zero-order chi connectivity index (χ0) is 6.91. The van der Waals surface area contributed by atoms with Crippen LogP contribution in [0.25, 0.3) is 0 Å². The summed E-state index contributed by atoms with van der Waals surface area (Å²) in [6.45, 7) is 3.83. The Balaban J connectivity index is 2.74. The molecule has 0 aromatic rings. The van der Waals surface area contributed by atoms with Gasteiger partial charge in [0, 0.05) is 6.21 Å². The van der Waals surface area contributed by atoms with Gasteiger partial charge in [-0.1, -0.05) is 0 Å². The van der Waals surface area contributed by atoms with E-state index in [1.54, 1.807) is 6.21 Å². The van der Waals surface area contributed by atoms with Crippen molar-refractivity contribution < 1.29 is 5.11 Å². The maximum absolute atomic E-state index is 8.55. The second-order valence-corrected chi connectivity index (χ2v) is 2.60. The van der Waals surface area contributed by atoms with Crippen molar-refractivity contribution in [3.8, 4) is 0 Å². The SMILES string of the molecule is CC1(C)C=NC(CO)=N1. The minimum absolute atomic E-state index is 0.0556. The van der Waals surface area contributed by atoms with E-state index < -0.39 is 0 Å². The third kappa shape index (κ3) is 1.36. The molecule has 0 aromatic heterocycles. The Morgan fingerprint density at radius 3 is 2.56 bits per heavy atom. The maximum Gasteiger partial charge on any atom is 0.149 e. The van der Waals surface area contributed by atoms with Crippen LogP contribution in [0.15, 0.2) is 9.98 Å². The minimum atomic E-state index is -0.196. The first kappa shape index (κ1) is 6.42. The number of amidine groups is 1. The minimum Gasteiger partial charge on any atom is -0.388 e. The van der Waals surface area contributed by atoms with Crippen LogP contribution in [-0.2, 0) is 0 Å². The molecule has 1 rings (SSSR count). The third-order valence-corrected chi connectivity index (χ3v) is 1.09. The lowest BCUT2D eigenvalue weighted by atomic mass is 10.1. The fourth-order valence-corrected chi connectivity index (χ4v) is 0.699. The molecule has 0 saturated heterocycles. The topological polar surface area (TPSA) is 45.0 Å². The second-order valence-electron chi connectivity index (χ2n) is 2.60. The number of aliphatic imine (C=N–C) groups is 2. The largest absolute Gasteiger partial charge is 0.388 e. The number of aliphatic hydroxyl groups excluding tert-OH is 1. The maximum atomic E-state index is 8.55. The molecule has 0 unspecified atom stereocenters. The van der Waals surface area contributed by atoms with Gasteiger partial charge in [-0.15, -0.1) is 0 Å². The van der Waals surface area contributed by atoms with Crippen molar-refractivity contribution >= 4 is 12.1 Å². The molecule has 9 heavy (non-hydrogen) atoms. The molecular weight excluding hydrogens is 116 g/mol. The predicted molar refractivity (Wildman–Crippen MR) is 37.1 cm³/mol. The first-order valence-corrected chi connectivity index (χ1v) is 2.89. The highest BCUT2D eigenvalue weighted by Crippen LogP contribution is 2.11. The van der Waals surface area contributed by atoms with E-state index in [1.165, 1.54) is 0 Å². The molecule has 0 radical (unpaired) electrons. The molecule has 0 atom stereocenters. The molecule has 0 aliphatic carbocycles. The summed E-state index contributed by atoms with van der Waals surface area (Å²) in [5.74, 6) is 0.528. The average molecular weight is 126 g/mol. The highest BCUT2D eigenvalue weighted by molar-refractivity contribution is 5.98. The molecule has 50 valence electrons. The Kier molecular flexibility index (Phi) is 1.37. The predicted octanol–water partition coefficient (Wildman–Crippen LogP) is 0.240. The fraction of sp³-hybridized carbons (Fsp3) is 0.667. The number of hydrogen-bond donors (Lipinski definition) is 1. The first-order valence-electron chi connectivity index (χ1n) is 2.89. The zero-order valence-electron chi connectivity index (χ0n) is 5.63. The quantitative estimate of drug-likeness (QED) is 0.537. The lowest BCUT2D eigenvalue weighted by Gasteiger charge is -2.05. The molecule has 0 aromatic carbocycles. The van der Waals surface area contributed by atoms with E-state index in [-0.39, 0.29) is 12.1 Å². The standard InChI is InChI=1S/C6H10N2O/c1-6(2)4-7-5(3-9)8-6/h4,9H,3H2,1-2H3. The number of hydrogen-bond acceptors (Lipinski definition) is 3. The van der Waals surface area contributed by atoms with E-state index in [4.69, 9.17) is 5.11 Å². The van der Waals surface area contributed by atoms with Crippen LogP contribution in [-0.4, -0.2) is 29.3 Å². The smallest absolute Gasteiger partial charge is 0.149 e. The molecule has 0 spiro atoms. The molecule has 1 aliphatic heterocycles. The van der Waals surface area contributed by atoms with Crippen LogP contribution in [0.2, 0.25) is 0 Å². The van der Waals surface area contributed by atoms with Crippen LogP contribution >= 0.6 is 0 Å². The van der Waals surface area contributed by atoms with Gasteiger partial charge in [0.15, 0.2) is 0 Å². The van der Waals surface area contributed by atoms with E-state index in [0.717, 1.165) is 0 Å². The summed E-state index contributed by atoms with van der Waals surface area (Å²) in [4.78, 5) is 7.97. The molecule has 1 heterocycles. The van der Waals surface area contributed by atoms with Gasteiger partial charge in [0.1, 0.15) is 12.4 Å². The number of aliphatic hydroxyl groups is 1. The van der Waals surface area contributed by atoms with Crippen molar-refractivity contribution in [2.75, 3.05) is 6.61 Å². The highest BCUT2D eigenvalue weighted by atomic mass is 16.3. The van der Waals surface area contributed by atoms with Gasteiger partial charge in [0.25, 0.3) is 0 Å². The molecule has 0 fully saturated rings. The van der Waals surface area contributed by atoms with Crippen LogP contribution in [0.1, 0.15) is 13.8 Å². The van der Waals surface area contributed by atoms with Crippen molar-refractivity contribution in [3.05, 3.63) is 0 Å². The van der Waals surface area contributed by atoms with Gasteiger partial charge < -0.3 is 5.11 Å². The van der Waals surface area contributed by atoms with Crippen LogP contribution in [0.5, 0.6) is 0 Å². The van der Waals surface area contributed by atoms with Crippen molar-refractivity contribution in [2.24, 2.45) is 9.98 Å². The van der Waals surface area contributed by atoms with Gasteiger partial charge in [-0.25, -0.2) is 4.99 Å². The van der Waals surface area contributed by atoms with Crippen LogP contribution in [0.3, 0.4) is 0 Å². The van der Waals surface area contributed by atoms with Gasteiger partial charge in [0.2, 0.25) is 0 Å². The molecule has 1 N–H and O–H groups in total. The summed E-state index contributed by atoms with van der Waals surface area (Å²) < 4.78 is 0. The van der Waals surface area contributed by atoms with Crippen molar-refractivity contribution in [1.82, 2.24) is 0 Å². The summed E-state index contributed by atoms with van der Waals surface area (Å²) >= 11 is 0. The molecule has 0 amide bonds. The summed E-state index contributed by atoms with van der Waals surface area (Å²) in [7, 11) is 0. The third-order valence-electron chi connectivity index (χ3n) is 1.09. The Morgan fingerprint density at radius 2 is 2.33 bits per heavy atom. The Labute approximate surface area is 54.1 Å². The lowest BCUT2D eigenvalue weighted by molar-refractivity contribution is 0.356. The summed E-state index contributed by atoms with van der Waals surface area (Å²) in [5, 5.41) is 8.55. The lowest BCUT2D eigenvalue weighted by Crippen LogP contribution is -2.14. The van der Waals surface area contributed by atoms with Gasteiger partial charge in [-0.2, -0.15) is 0 Å². The summed E-state index contributed by atoms with van der Waals surface area (Å²) in [5.41, 5.74) is -0.196. The Hall–Kier alpha value is -0.700. The Bertz CT molecular complexity index is 170. The van der Waals surface area contributed by atoms with Crippen molar-refractivity contribution in [1.29, 1.82) is 0 Å². The van der Waals surface area contributed by atoms with Crippen LogP contribution < -0.4 is 0 Å². The van der Waals surface area contributed by atoms with Crippen LogP contribution in [0.4, 0.5) is 0 Å². The van der Waals surface area contributed by atoms with Gasteiger partial charge in [0.05, 0.1) is 5.54 Å². The average Bonchev–Trinajstić information content (AvgIpc) is 2.10. The number of nitrogens with zero attached hydrogens (tertiary/aromatic N) is 2. The molecule has 1 aliphatic rings. The molecule has 0 bridgehead atoms. The van der Waals surface area contributed by atoms with Gasteiger partial charge in [-0.05, 0) is 13.8 Å². The number of rotatable bonds is 1. The van der Waals surface area contributed by atoms with E-state index >= 15 is 0 Å². The van der Waals surface area contributed by atoms with E-state index in [1.807, 2.05) is 13.8 Å². The van der Waals surface area contributed by atoms with Gasteiger partial charge >= 0.3 is 0 Å². The normalized spacial score (nSPS) is 22.3. The molecular formula is C6H10N2O. The van der Waals surface area contributed by atoms with E-state index in [2.05, 4.69) is 9.98 Å². The highest BCUT2D eigenvalue weighted by Gasteiger charge is 2.18. The summed E-state index contributed by atoms with van der Waals surface area (Å²) in [6.07, 6.45) is 1.73. The zero-order valence-corrected chi connectivity index (χ0v) is 5.63.